The lowest BCUT2D eigenvalue weighted by molar-refractivity contribution is -0.104. The Bertz CT molecular complexity index is 149. The van der Waals surface area contributed by atoms with Crippen LogP contribution in [0.5, 0.6) is 0 Å². The molecule has 2 aliphatic rings. The fourth-order valence-electron chi connectivity index (χ4n) is 2.56. The van der Waals surface area contributed by atoms with E-state index in [-0.39, 0.29) is 12.0 Å². The Morgan fingerprint density at radius 2 is 1.92 bits per heavy atom. The van der Waals surface area contributed by atoms with Crippen LogP contribution in [0.4, 0.5) is 8.78 Å². The van der Waals surface area contributed by atoms with Crippen molar-refractivity contribution >= 4 is 0 Å². The zero-order valence-corrected chi connectivity index (χ0v) is 7.50. The summed E-state index contributed by atoms with van der Waals surface area (Å²) in [5.41, 5.74) is 0. The maximum absolute atomic E-state index is 13.1. The first-order valence-electron chi connectivity index (χ1n) is 4.59. The highest BCUT2D eigenvalue weighted by Gasteiger charge is 2.52. The molecule has 2 fully saturated rings. The highest BCUT2D eigenvalue weighted by atomic mass is 19.1. The molecular weight excluding hydrogens is 160 g/mol. The Morgan fingerprint density at radius 1 is 1.25 bits per heavy atom. The van der Waals surface area contributed by atoms with Crippen LogP contribution in [0.1, 0.15) is 13.3 Å². The number of rotatable bonds is 1. The molecule has 1 nitrogen and oxygen atoms in total. The number of likely N-dealkylation sites (tertiary alicyclic amines) is 1. The summed E-state index contributed by atoms with van der Waals surface area (Å²) in [5.74, 6) is 0.324. The average Bonchev–Trinajstić information content (AvgIpc) is 2.01. The first kappa shape index (κ1) is 8.42. The highest BCUT2D eigenvalue weighted by Crippen LogP contribution is 2.44. The monoisotopic (exact) mass is 175 g/mol. The molecule has 12 heavy (non-hydrogen) atoms. The van der Waals surface area contributed by atoms with Gasteiger partial charge in [-0.3, -0.25) is 4.90 Å². The van der Waals surface area contributed by atoms with Crippen LogP contribution in [0.25, 0.3) is 0 Å². The summed E-state index contributed by atoms with van der Waals surface area (Å²) in [7, 11) is 1.87. The van der Waals surface area contributed by atoms with Crippen molar-refractivity contribution in [2.75, 3.05) is 13.6 Å². The Balaban J connectivity index is 1.99. The van der Waals surface area contributed by atoms with Crippen molar-refractivity contribution in [3.05, 3.63) is 0 Å². The number of nitrogens with zero attached hydrogens (tertiary/aromatic N) is 1. The second-order valence-corrected chi connectivity index (χ2v) is 4.25. The minimum Gasteiger partial charge on any atom is -0.297 e. The van der Waals surface area contributed by atoms with E-state index in [4.69, 9.17) is 0 Å². The average molecular weight is 175 g/mol. The molecule has 4 unspecified atom stereocenters. The SMILES string of the molecule is C[C@H]1CC(F)C1C1C(F)CN1C. The number of hydrogen-bond donors (Lipinski definition) is 0. The molecule has 1 heterocycles. The quantitative estimate of drug-likeness (QED) is 0.585. The normalized spacial score (nSPS) is 54.5. The van der Waals surface area contributed by atoms with Crippen LogP contribution < -0.4 is 0 Å². The second-order valence-electron chi connectivity index (χ2n) is 4.25. The van der Waals surface area contributed by atoms with Crippen molar-refractivity contribution in [2.45, 2.75) is 31.7 Å². The lowest BCUT2D eigenvalue weighted by atomic mass is 9.66. The molecule has 0 spiro atoms. The van der Waals surface area contributed by atoms with Gasteiger partial charge in [0.2, 0.25) is 0 Å². The second kappa shape index (κ2) is 2.66. The summed E-state index contributed by atoms with van der Waals surface area (Å²) in [5, 5.41) is 0. The molecular formula is C9H15F2N. The number of alkyl halides is 2. The lowest BCUT2D eigenvalue weighted by Crippen LogP contribution is -2.65. The van der Waals surface area contributed by atoms with Crippen LogP contribution in [-0.2, 0) is 0 Å². The maximum Gasteiger partial charge on any atom is 0.129 e. The van der Waals surface area contributed by atoms with Gasteiger partial charge in [0.25, 0.3) is 0 Å². The van der Waals surface area contributed by atoms with E-state index >= 15 is 0 Å². The molecule has 0 aromatic rings. The minimum absolute atomic E-state index is 0.0428. The van der Waals surface area contributed by atoms with Crippen molar-refractivity contribution < 1.29 is 8.78 Å². The van der Waals surface area contributed by atoms with Crippen molar-refractivity contribution in [1.82, 2.24) is 4.90 Å². The lowest BCUT2D eigenvalue weighted by Gasteiger charge is -2.53. The predicted molar refractivity (Wildman–Crippen MR) is 43.5 cm³/mol. The molecule has 0 N–H and O–H groups in total. The van der Waals surface area contributed by atoms with Crippen molar-refractivity contribution in [3.63, 3.8) is 0 Å². The van der Waals surface area contributed by atoms with E-state index in [1.807, 2.05) is 18.9 Å². The summed E-state index contributed by atoms with van der Waals surface area (Å²) >= 11 is 0. The maximum atomic E-state index is 13.1. The van der Waals surface area contributed by atoms with Gasteiger partial charge in [-0.1, -0.05) is 6.92 Å². The van der Waals surface area contributed by atoms with E-state index in [0.717, 1.165) is 0 Å². The third-order valence-electron chi connectivity index (χ3n) is 3.41. The molecule has 1 aliphatic heterocycles. The molecule has 70 valence electrons. The number of halogens is 2. The summed E-state index contributed by atoms with van der Waals surface area (Å²) in [6.45, 7) is 2.50. The van der Waals surface area contributed by atoms with E-state index in [2.05, 4.69) is 0 Å². The highest BCUT2D eigenvalue weighted by molar-refractivity contribution is 5.03. The van der Waals surface area contributed by atoms with Gasteiger partial charge >= 0.3 is 0 Å². The van der Waals surface area contributed by atoms with Gasteiger partial charge < -0.3 is 0 Å². The summed E-state index contributed by atoms with van der Waals surface area (Å²) in [6, 6.07) is -0.135. The zero-order chi connectivity index (χ0) is 8.88. The first-order chi connectivity index (χ1) is 5.61. The number of hydrogen-bond acceptors (Lipinski definition) is 1. The molecule has 2 rings (SSSR count). The van der Waals surface area contributed by atoms with Gasteiger partial charge in [0, 0.05) is 18.5 Å². The Kier molecular flexibility index (Phi) is 1.86. The standard InChI is InChI=1S/C9H15F2N/c1-5-3-6(10)8(5)9-7(11)4-12(9)2/h5-9H,3-4H2,1-2H3/t5-,6?,7?,8?,9?/m0/s1. The minimum atomic E-state index is -0.791. The van der Waals surface area contributed by atoms with Crippen molar-refractivity contribution in [1.29, 1.82) is 0 Å². The summed E-state index contributed by atoms with van der Waals surface area (Å²) in [4.78, 5) is 1.93. The summed E-state index contributed by atoms with van der Waals surface area (Å²) in [6.07, 6.45) is -0.922. The van der Waals surface area contributed by atoms with Crippen LogP contribution in [-0.4, -0.2) is 36.9 Å². The van der Waals surface area contributed by atoms with Crippen LogP contribution in [0.15, 0.2) is 0 Å². The third-order valence-corrected chi connectivity index (χ3v) is 3.41. The van der Waals surface area contributed by atoms with E-state index in [0.29, 0.717) is 18.9 Å². The van der Waals surface area contributed by atoms with Crippen molar-refractivity contribution in [3.8, 4) is 0 Å². The third kappa shape index (κ3) is 0.987. The molecule has 1 aliphatic carbocycles. The zero-order valence-electron chi connectivity index (χ0n) is 7.50. The Labute approximate surface area is 71.7 Å². The fraction of sp³-hybridized carbons (Fsp3) is 1.00. The molecule has 0 aromatic carbocycles. The smallest absolute Gasteiger partial charge is 0.129 e. The van der Waals surface area contributed by atoms with E-state index in [1.54, 1.807) is 0 Å². The first-order valence-corrected chi connectivity index (χ1v) is 4.59. The van der Waals surface area contributed by atoms with Crippen molar-refractivity contribution in [2.24, 2.45) is 11.8 Å². The molecule has 0 radical (unpaired) electrons. The van der Waals surface area contributed by atoms with Crippen LogP contribution in [0.3, 0.4) is 0 Å². The molecule has 1 saturated heterocycles. The van der Waals surface area contributed by atoms with Crippen LogP contribution in [0, 0.1) is 11.8 Å². The van der Waals surface area contributed by atoms with E-state index in [1.165, 1.54) is 0 Å². The van der Waals surface area contributed by atoms with E-state index < -0.39 is 12.3 Å². The van der Waals surface area contributed by atoms with Crippen LogP contribution >= 0.6 is 0 Å². The van der Waals surface area contributed by atoms with E-state index in [9.17, 15) is 8.78 Å². The van der Waals surface area contributed by atoms with Gasteiger partial charge in [-0.25, -0.2) is 8.78 Å². The Morgan fingerprint density at radius 3 is 2.17 bits per heavy atom. The van der Waals surface area contributed by atoms with Gasteiger partial charge in [0.15, 0.2) is 0 Å². The van der Waals surface area contributed by atoms with Gasteiger partial charge in [-0.15, -0.1) is 0 Å². The molecule has 0 amide bonds. The Hall–Kier alpha value is -0.180. The van der Waals surface area contributed by atoms with Gasteiger partial charge in [0.05, 0.1) is 0 Å². The van der Waals surface area contributed by atoms with Crippen LogP contribution in [0.2, 0.25) is 0 Å². The molecule has 0 bridgehead atoms. The van der Waals surface area contributed by atoms with Gasteiger partial charge in [0.1, 0.15) is 12.3 Å². The largest absolute Gasteiger partial charge is 0.297 e. The fourth-order valence-corrected chi connectivity index (χ4v) is 2.56. The predicted octanol–water partition coefficient (Wildman–Crippen LogP) is 1.63. The van der Waals surface area contributed by atoms with Gasteiger partial charge in [-0.2, -0.15) is 0 Å². The molecule has 5 atom stereocenters. The topological polar surface area (TPSA) is 3.24 Å². The van der Waals surface area contributed by atoms with Gasteiger partial charge in [-0.05, 0) is 19.4 Å². The molecule has 0 aromatic heterocycles. The molecule has 3 heteroatoms. The molecule has 1 saturated carbocycles. The summed E-state index contributed by atoms with van der Waals surface area (Å²) < 4.78 is 26.1.